The van der Waals surface area contributed by atoms with E-state index in [9.17, 15) is 18.0 Å². The molecule has 0 aliphatic carbocycles. The molecule has 0 bridgehead atoms. The molecule has 3 rings (SSSR count). The largest absolute Gasteiger partial charge is 0.497 e. The monoisotopic (exact) mass is 633 g/mol. The van der Waals surface area contributed by atoms with Gasteiger partial charge in [0.15, 0.2) is 0 Å². The molecule has 1 N–H and O–H groups in total. The van der Waals surface area contributed by atoms with E-state index in [1.165, 1.54) is 35.2 Å². The van der Waals surface area contributed by atoms with E-state index in [1.54, 1.807) is 37.4 Å². The fourth-order valence-corrected chi connectivity index (χ4v) is 6.29. The summed E-state index contributed by atoms with van der Waals surface area (Å²) in [5.41, 5.74) is 1.72. The van der Waals surface area contributed by atoms with Gasteiger partial charge in [-0.2, -0.15) is 0 Å². The molecule has 8 nitrogen and oxygen atoms in total. The fourth-order valence-electron chi connectivity index (χ4n) is 4.38. The van der Waals surface area contributed by atoms with E-state index >= 15 is 0 Å². The topological polar surface area (TPSA) is 96.0 Å². The zero-order chi connectivity index (χ0) is 31.0. The Balaban J connectivity index is 2.10. The van der Waals surface area contributed by atoms with E-state index in [1.807, 2.05) is 33.8 Å². The molecule has 0 aliphatic heterocycles. The minimum Gasteiger partial charge on any atom is -0.497 e. The number of carbonyl (C=O) groups is 2. The standard InChI is InChI=1S/C31H37Cl2N3O5S/c1-6-22(4)34-31(38)29(7-2)35(19-23-9-8-10-27(15-23)41-5)30(37)20-36(26-17-24(32)16-25(33)18-26)42(39,40)28-13-11-21(3)12-14-28/h8-18,22,29H,6-7,19-20H2,1-5H3,(H,34,38)/t22-,29+/m1/s1. The highest BCUT2D eigenvalue weighted by Gasteiger charge is 2.34. The number of amides is 2. The summed E-state index contributed by atoms with van der Waals surface area (Å²) in [7, 11) is -2.70. The van der Waals surface area contributed by atoms with Crippen LogP contribution >= 0.6 is 23.2 Å². The van der Waals surface area contributed by atoms with Gasteiger partial charge in [0, 0.05) is 22.6 Å². The van der Waals surface area contributed by atoms with E-state index < -0.39 is 28.5 Å². The van der Waals surface area contributed by atoms with Crippen molar-refractivity contribution in [1.29, 1.82) is 0 Å². The predicted octanol–water partition coefficient (Wildman–Crippen LogP) is 6.23. The van der Waals surface area contributed by atoms with Gasteiger partial charge in [-0.05, 0) is 74.7 Å². The molecule has 2 atom stereocenters. The Hall–Kier alpha value is -3.27. The number of rotatable bonds is 13. The van der Waals surface area contributed by atoms with Gasteiger partial charge in [0.2, 0.25) is 11.8 Å². The summed E-state index contributed by atoms with van der Waals surface area (Å²) in [5, 5.41) is 3.38. The molecule has 0 spiro atoms. The van der Waals surface area contributed by atoms with E-state index in [0.717, 1.165) is 15.4 Å². The molecule has 226 valence electrons. The lowest BCUT2D eigenvalue weighted by molar-refractivity contribution is -0.140. The Morgan fingerprint density at radius 1 is 0.952 bits per heavy atom. The van der Waals surface area contributed by atoms with Gasteiger partial charge in [-0.1, -0.05) is 66.9 Å². The maximum Gasteiger partial charge on any atom is 0.264 e. The third-order valence-electron chi connectivity index (χ3n) is 6.90. The number of hydrogen-bond donors (Lipinski definition) is 1. The average molecular weight is 635 g/mol. The van der Waals surface area contributed by atoms with Crippen LogP contribution in [0.2, 0.25) is 10.0 Å². The zero-order valence-corrected chi connectivity index (χ0v) is 26.8. The van der Waals surface area contributed by atoms with E-state index in [2.05, 4.69) is 5.32 Å². The van der Waals surface area contributed by atoms with Crippen molar-refractivity contribution < 1.29 is 22.7 Å². The van der Waals surface area contributed by atoms with Crippen molar-refractivity contribution in [3.05, 3.63) is 87.9 Å². The van der Waals surface area contributed by atoms with E-state index in [0.29, 0.717) is 18.6 Å². The van der Waals surface area contributed by atoms with Crippen molar-refractivity contribution in [2.75, 3.05) is 18.0 Å². The number of carbonyl (C=O) groups excluding carboxylic acids is 2. The smallest absolute Gasteiger partial charge is 0.264 e. The fraction of sp³-hybridized carbons (Fsp3) is 0.355. The summed E-state index contributed by atoms with van der Waals surface area (Å²) in [6, 6.07) is 16.9. The number of nitrogens with one attached hydrogen (secondary N) is 1. The van der Waals surface area contributed by atoms with Crippen molar-refractivity contribution in [2.45, 2.75) is 64.1 Å². The van der Waals surface area contributed by atoms with Crippen LogP contribution in [0.1, 0.15) is 44.7 Å². The first kappa shape index (κ1) is 33.2. The van der Waals surface area contributed by atoms with Gasteiger partial charge < -0.3 is 15.0 Å². The van der Waals surface area contributed by atoms with Crippen LogP contribution in [0.5, 0.6) is 5.75 Å². The molecule has 0 radical (unpaired) electrons. The van der Waals surface area contributed by atoms with E-state index in [-0.39, 0.29) is 39.1 Å². The third-order valence-corrected chi connectivity index (χ3v) is 9.12. The number of halogens is 2. The predicted molar refractivity (Wildman–Crippen MR) is 168 cm³/mol. The summed E-state index contributed by atoms with van der Waals surface area (Å²) < 4.78 is 34.3. The quantitative estimate of drug-likeness (QED) is 0.241. The van der Waals surface area contributed by atoms with Crippen LogP contribution in [0.25, 0.3) is 0 Å². The van der Waals surface area contributed by atoms with Crippen LogP contribution < -0.4 is 14.4 Å². The van der Waals surface area contributed by atoms with Gasteiger partial charge >= 0.3 is 0 Å². The first-order chi connectivity index (χ1) is 19.9. The van der Waals surface area contributed by atoms with Crippen molar-refractivity contribution in [3.8, 4) is 5.75 Å². The first-order valence-corrected chi connectivity index (χ1v) is 15.9. The summed E-state index contributed by atoms with van der Waals surface area (Å²) in [6.07, 6.45) is 1.02. The molecule has 0 heterocycles. The highest BCUT2D eigenvalue weighted by molar-refractivity contribution is 7.92. The second-order valence-electron chi connectivity index (χ2n) is 10.1. The van der Waals surface area contributed by atoms with Crippen LogP contribution in [0.4, 0.5) is 5.69 Å². The number of hydrogen-bond acceptors (Lipinski definition) is 5. The first-order valence-electron chi connectivity index (χ1n) is 13.7. The van der Waals surface area contributed by atoms with Crippen LogP contribution in [-0.2, 0) is 26.2 Å². The summed E-state index contributed by atoms with van der Waals surface area (Å²) >= 11 is 12.5. The van der Waals surface area contributed by atoms with Crippen LogP contribution in [0.15, 0.2) is 71.6 Å². The molecule has 0 saturated heterocycles. The highest BCUT2D eigenvalue weighted by atomic mass is 35.5. The Morgan fingerprint density at radius 3 is 2.17 bits per heavy atom. The molecule has 0 fully saturated rings. The van der Waals surface area contributed by atoms with Gasteiger partial charge in [0.25, 0.3) is 10.0 Å². The molecular weight excluding hydrogens is 597 g/mol. The Kier molecular flexibility index (Phi) is 11.7. The molecule has 3 aromatic carbocycles. The average Bonchev–Trinajstić information content (AvgIpc) is 2.95. The number of ether oxygens (including phenoxy) is 1. The lowest BCUT2D eigenvalue weighted by Crippen LogP contribution is -2.53. The minimum absolute atomic E-state index is 0.00195. The second-order valence-corrected chi connectivity index (χ2v) is 12.8. The Labute approximate surface area is 258 Å². The SMILES string of the molecule is CC[C@@H](C)NC(=O)[C@H](CC)N(Cc1cccc(OC)c1)C(=O)CN(c1cc(Cl)cc(Cl)c1)S(=O)(=O)c1ccc(C)cc1. The molecule has 42 heavy (non-hydrogen) atoms. The number of aryl methyl sites for hydroxylation is 1. The van der Waals surface area contributed by atoms with Crippen molar-refractivity contribution >= 4 is 50.7 Å². The normalized spacial score (nSPS) is 12.7. The highest BCUT2D eigenvalue weighted by Crippen LogP contribution is 2.30. The van der Waals surface area contributed by atoms with Gasteiger partial charge in [-0.25, -0.2) is 8.42 Å². The molecule has 0 unspecified atom stereocenters. The molecule has 0 saturated carbocycles. The second kappa shape index (κ2) is 14.8. The Bertz CT molecular complexity index is 1480. The Morgan fingerprint density at radius 2 is 1.60 bits per heavy atom. The number of anilines is 1. The van der Waals surface area contributed by atoms with Gasteiger partial charge in [-0.15, -0.1) is 0 Å². The van der Waals surface area contributed by atoms with Crippen LogP contribution in [0, 0.1) is 6.92 Å². The maximum atomic E-state index is 14.2. The molecule has 2 amide bonds. The molecular formula is C31H37Cl2N3O5S. The number of sulfonamides is 1. The number of benzene rings is 3. The van der Waals surface area contributed by atoms with Crippen LogP contribution in [-0.4, -0.2) is 50.9 Å². The van der Waals surface area contributed by atoms with Crippen molar-refractivity contribution in [1.82, 2.24) is 10.2 Å². The van der Waals surface area contributed by atoms with Gasteiger partial charge in [-0.3, -0.25) is 13.9 Å². The number of nitrogens with zero attached hydrogens (tertiary/aromatic N) is 2. The lowest BCUT2D eigenvalue weighted by atomic mass is 10.1. The maximum absolute atomic E-state index is 14.2. The van der Waals surface area contributed by atoms with Crippen molar-refractivity contribution in [2.24, 2.45) is 0 Å². The van der Waals surface area contributed by atoms with Gasteiger partial charge in [0.1, 0.15) is 18.3 Å². The molecule has 0 aliphatic rings. The summed E-state index contributed by atoms with van der Waals surface area (Å²) in [6.45, 7) is 6.96. The van der Waals surface area contributed by atoms with E-state index in [4.69, 9.17) is 27.9 Å². The van der Waals surface area contributed by atoms with Crippen molar-refractivity contribution in [3.63, 3.8) is 0 Å². The molecule has 11 heteroatoms. The van der Waals surface area contributed by atoms with Crippen LogP contribution in [0.3, 0.4) is 0 Å². The minimum atomic E-state index is -4.24. The summed E-state index contributed by atoms with van der Waals surface area (Å²) in [5.74, 6) is -0.299. The number of methoxy groups -OCH3 is 1. The zero-order valence-electron chi connectivity index (χ0n) is 24.4. The molecule has 0 aromatic heterocycles. The summed E-state index contributed by atoms with van der Waals surface area (Å²) in [4.78, 5) is 29.0. The lowest BCUT2D eigenvalue weighted by Gasteiger charge is -2.34. The third kappa shape index (κ3) is 8.40. The van der Waals surface area contributed by atoms with Gasteiger partial charge in [0.05, 0.1) is 17.7 Å². The molecule has 3 aromatic rings.